The van der Waals surface area contributed by atoms with Crippen molar-refractivity contribution in [2.75, 3.05) is 4.90 Å². The molecule has 0 bridgehead atoms. The number of thiazole rings is 1. The minimum atomic E-state index is -4.57. The van der Waals surface area contributed by atoms with E-state index in [2.05, 4.69) is 4.98 Å². The second kappa shape index (κ2) is 9.77. The van der Waals surface area contributed by atoms with Gasteiger partial charge < -0.3 is 4.74 Å². The first-order valence-corrected chi connectivity index (χ1v) is 10.2. The van der Waals surface area contributed by atoms with Crippen LogP contribution in [0.4, 0.5) is 29.7 Å². The average Bonchev–Trinajstić information content (AvgIpc) is 3.20. The van der Waals surface area contributed by atoms with Gasteiger partial charge in [-0.3, -0.25) is 24.6 Å². The summed E-state index contributed by atoms with van der Waals surface area (Å²) in [7, 11) is 0. The fourth-order valence-electron chi connectivity index (χ4n) is 2.91. The lowest BCUT2D eigenvalue weighted by Crippen LogP contribution is -2.23. The van der Waals surface area contributed by atoms with E-state index in [1.54, 1.807) is 6.07 Å². The number of carbonyl (C=O) groups excluding carboxylic acids is 2. The molecule has 0 atom stereocenters. The third-order valence-corrected chi connectivity index (χ3v) is 5.26. The Morgan fingerprint density at radius 1 is 1.18 bits per heavy atom. The van der Waals surface area contributed by atoms with E-state index in [1.807, 2.05) is 0 Å². The number of nitrogens with zero attached hydrogens (tertiary/aromatic N) is 3. The van der Waals surface area contributed by atoms with Gasteiger partial charge in [-0.15, -0.1) is 11.3 Å². The molecule has 0 spiro atoms. The quantitative estimate of drug-likeness (QED) is 0.267. The maximum Gasteiger partial charge on any atom is 0.416 e. The van der Waals surface area contributed by atoms with E-state index in [-0.39, 0.29) is 40.8 Å². The highest BCUT2D eigenvalue weighted by Crippen LogP contribution is 2.35. The lowest BCUT2D eigenvalue weighted by Gasteiger charge is -2.19. The number of halogens is 3. The third-order valence-electron chi connectivity index (χ3n) is 4.38. The van der Waals surface area contributed by atoms with Crippen LogP contribution in [0.25, 0.3) is 0 Å². The molecule has 3 rings (SSSR count). The number of carbonyl (C=O) groups is 2. The monoisotopic (exact) mass is 479 g/mol. The van der Waals surface area contributed by atoms with Crippen LogP contribution in [0.3, 0.4) is 0 Å². The van der Waals surface area contributed by atoms with Crippen LogP contribution in [-0.4, -0.2) is 21.8 Å². The number of esters is 1. The van der Waals surface area contributed by atoms with Crippen molar-refractivity contribution in [3.8, 4) is 0 Å². The van der Waals surface area contributed by atoms with Gasteiger partial charge >= 0.3 is 12.1 Å². The molecule has 0 radical (unpaired) electrons. The SMILES string of the molecule is CC(=O)N(c1cccc(C(F)(F)F)c1)c1nc(COC(=O)Cc2ccccc2[N+](=O)[O-])cs1. The zero-order chi connectivity index (χ0) is 24.2. The van der Waals surface area contributed by atoms with E-state index < -0.39 is 28.5 Å². The molecule has 0 saturated carbocycles. The van der Waals surface area contributed by atoms with Gasteiger partial charge in [0.15, 0.2) is 5.13 Å². The van der Waals surface area contributed by atoms with Crippen LogP contribution in [0.2, 0.25) is 0 Å². The highest BCUT2D eigenvalue weighted by molar-refractivity contribution is 7.14. The number of ether oxygens (including phenoxy) is 1. The van der Waals surface area contributed by atoms with Gasteiger partial charge in [0.2, 0.25) is 5.91 Å². The van der Waals surface area contributed by atoms with Gasteiger partial charge in [0.1, 0.15) is 6.61 Å². The predicted octanol–water partition coefficient (Wildman–Crippen LogP) is 5.04. The summed E-state index contributed by atoms with van der Waals surface area (Å²) in [5.41, 5.74) is -0.662. The summed E-state index contributed by atoms with van der Waals surface area (Å²) in [4.78, 5) is 39.9. The number of hydrogen-bond donors (Lipinski definition) is 0. The maximum absolute atomic E-state index is 13.0. The zero-order valence-corrected chi connectivity index (χ0v) is 17.9. The first-order valence-electron chi connectivity index (χ1n) is 9.36. The number of benzene rings is 2. The van der Waals surface area contributed by atoms with Crippen molar-refractivity contribution in [1.29, 1.82) is 0 Å². The second-order valence-corrected chi connectivity index (χ2v) is 7.58. The van der Waals surface area contributed by atoms with Crippen molar-refractivity contribution in [2.24, 2.45) is 0 Å². The molecular formula is C21H16F3N3O5S. The summed E-state index contributed by atoms with van der Waals surface area (Å²) in [5, 5.41) is 12.6. The summed E-state index contributed by atoms with van der Waals surface area (Å²) in [6.07, 6.45) is -4.90. The van der Waals surface area contributed by atoms with Crippen molar-refractivity contribution in [2.45, 2.75) is 26.1 Å². The normalized spacial score (nSPS) is 11.2. The van der Waals surface area contributed by atoms with Crippen molar-refractivity contribution in [3.63, 3.8) is 0 Å². The van der Waals surface area contributed by atoms with Gasteiger partial charge in [0.25, 0.3) is 5.69 Å². The Morgan fingerprint density at radius 2 is 1.91 bits per heavy atom. The van der Waals surface area contributed by atoms with Gasteiger partial charge in [-0.05, 0) is 18.2 Å². The van der Waals surface area contributed by atoms with Gasteiger partial charge in [0.05, 0.1) is 28.3 Å². The molecule has 8 nitrogen and oxygen atoms in total. The Balaban J connectivity index is 1.71. The molecule has 1 aromatic heterocycles. The van der Waals surface area contributed by atoms with Crippen molar-refractivity contribution in [1.82, 2.24) is 4.98 Å². The van der Waals surface area contributed by atoms with Gasteiger partial charge in [-0.1, -0.05) is 24.3 Å². The highest BCUT2D eigenvalue weighted by Gasteiger charge is 2.31. The van der Waals surface area contributed by atoms with Gasteiger partial charge in [-0.2, -0.15) is 13.2 Å². The largest absolute Gasteiger partial charge is 0.459 e. The minimum absolute atomic E-state index is 0.00777. The van der Waals surface area contributed by atoms with E-state index in [4.69, 9.17) is 4.74 Å². The molecule has 1 heterocycles. The zero-order valence-electron chi connectivity index (χ0n) is 17.0. The van der Waals surface area contributed by atoms with E-state index in [0.29, 0.717) is 0 Å². The molecule has 0 N–H and O–H groups in total. The van der Waals surface area contributed by atoms with E-state index in [0.717, 1.165) is 28.4 Å². The Kier molecular flexibility index (Phi) is 7.07. The summed E-state index contributed by atoms with van der Waals surface area (Å²) in [6.45, 7) is 0.915. The number of hydrogen-bond acceptors (Lipinski definition) is 7. The molecule has 3 aromatic rings. The summed E-state index contributed by atoms with van der Waals surface area (Å²) in [5.74, 6) is -1.27. The Hall–Kier alpha value is -3.80. The number of para-hydroxylation sites is 1. The number of alkyl halides is 3. The number of aromatic nitrogens is 1. The van der Waals surface area contributed by atoms with Crippen LogP contribution < -0.4 is 4.90 Å². The number of nitro groups is 1. The Labute approximate surface area is 189 Å². The van der Waals surface area contributed by atoms with Gasteiger partial charge in [-0.25, -0.2) is 4.98 Å². The number of nitro benzene ring substituents is 1. The standard InChI is InChI=1S/C21H16F3N3O5S/c1-13(28)26(17-7-4-6-15(10-17)21(22,23)24)20-25-16(12-33-20)11-32-19(29)9-14-5-2-3-8-18(14)27(30)31/h2-8,10,12H,9,11H2,1H3. The molecule has 1 amide bonds. The van der Waals surface area contributed by atoms with Crippen LogP contribution in [0.1, 0.15) is 23.7 Å². The molecule has 0 unspecified atom stereocenters. The molecule has 33 heavy (non-hydrogen) atoms. The molecule has 0 aliphatic rings. The maximum atomic E-state index is 13.0. The van der Waals surface area contributed by atoms with Crippen LogP contribution in [0, 0.1) is 10.1 Å². The smallest absolute Gasteiger partial charge is 0.416 e. The van der Waals surface area contributed by atoms with Crippen LogP contribution >= 0.6 is 11.3 Å². The molecule has 0 saturated heterocycles. The molecule has 12 heteroatoms. The predicted molar refractivity (Wildman–Crippen MR) is 113 cm³/mol. The molecular weight excluding hydrogens is 463 g/mol. The summed E-state index contributed by atoms with van der Waals surface area (Å²) >= 11 is 0.988. The Bertz CT molecular complexity index is 1200. The minimum Gasteiger partial charge on any atom is -0.459 e. The molecule has 0 aliphatic carbocycles. The van der Waals surface area contributed by atoms with Crippen LogP contribution in [0.5, 0.6) is 0 Å². The van der Waals surface area contributed by atoms with E-state index in [9.17, 15) is 32.9 Å². The molecule has 2 aromatic carbocycles. The third kappa shape index (κ3) is 5.92. The molecule has 0 aliphatic heterocycles. The van der Waals surface area contributed by atoms with E-state index >= 15 is 0 Å². The first kappa shape index (κ1) is 23.9. The van der Waals surface area contributed by atoms with Crippen molar-refractivity contribution in [3.05, 3.63) is 80.8 Å². The number of rotatable bonds is 7. The summed E-state index contributed by atoms with van der Waals surface area (Å²) in [6, 6.07) is 10.0. The average molecular weight is 479 g/mol. The first-order chi connectivity index (χ1) is 15.6. The number of amides is 1. The topological polar surface area (TPSA) is 103 Å². The molecule has 172 valence electrons. The molecule has 0 fully saturated rings. The van der Waals surface area contributed by atoms with Crippen molar-refractivity contribution < 1.29 is 32.4 Å². The van der Waals surface area contributed by atoms with E-state index in [1.165, 1.54) is 42.6 Å². The summed E-state index contributed by atoms with van der Waals surface area (Å²) < 4.78 is 44.2. The Morgan fingerprint density at radius 3 is 2.58 bits per heavy atom. The van der Waals surface area contributed by atoms with Gasteiger partial charge in [0, 0.05) is 23.9 Å². The second-order valence-electron chi connectivity index (χ2n) is 6.75. The lowest BCUT2D eigenvalue weighted by atomic mass is 10.1. The lowest BCUT2D eigenvalue weighted by molar-refractivity contribution is -0.385. The number of anilines is 2. The van der Waals surface area contributed by atoms with Crippen molar-refractivity contribution >= 4 is 39.7 Å². The highest BCUT2D eigenvalue weighted by atomic mass is 32.1. The fraction of sp³-hybridized carbons (Fsp3) is 0.190. The van der Waals surface area contributed by atoms with Crippen LogP contribution in [-0.2, 0) is 33.5 Å². The van der Waals surface area contributed by atoms with Crippen LogP contribution in [0.15, 0.2) is 53.9 Å². The fourth-order valence-corrected chi connectivity index (χ4v) is 3.78.